The molecule has 5 rings (SSSR count). The molecular formula is C33H27NO3. The maximum Gasteiger partial charge on any atom is 0.185 e. The molecule has 0 saturated heterocycles. The van der Waals surface area contributed by atoms with Gasteiger partial charge in [-0.05, 0) is 83.4 Å². The van der Waals surface area contributed by atoms with Crippen LogP contribution in [0.5, 0.6) is 11.5 Å². The average Bonchev–Trinajstić information content (AvgIpc) is 3.51. The molecule has 0 radical (unpaired) electrons. The predicted octanol–water partition coefficient (Wildman–Crippen LogP) is 7.63. The molecule has 0 spiro atoms. The number of nitrogens with zero attached hydrogens (tertiary/aromatic N) is 1. The fourth-order valence-corrected chi connectivity index (χ4v) is 4.12. The van der Waals surface area contributed by atoms with Gasteiger partial charge in [0.2, 0.25) is 0 Å². The molecule has 0 atom stereocenters. The van der Waals surface area contributed by atoms with Crippen molar-refractivity contribution in [1.29, 1.82) is 0 Å². The van der Waals surface area contributed by atoms with E-state index >= 15 is 0 Å². The van der Waals surface area contributed by atoms with Crippen LogP contribution in [0.15, 0.2) is 128 Å². The first-order valence-corrected chi connectivity index (χ1v) is 12.1. The largest absolute Gasteiger partial charge is 0.496 e. The number of hydrogen-bond donors (Lipinski definition) is 0. The molecule has 0 bridgehead atoms. The normalized spacial score (nSPS) is 10.9. The lowest BCUT2D eigenvalue weighted by molar-refractivity contribution is 0.104. The Morgan fingerprint density at radius 1 is 0.784 bits per heavy atom. The van der Waals surface area contributed by atoms with E-state index in [9.17, 15) is 4.79 Å². The van der Waals surface area contributed by atoms with Gasteiger partial charge in [0.25, 0.3) is 0 Å². The molecule has 0 unspecified atom stereocenters. The number of ketones is 1. The molecular weight excluding hydrogens is 458 g/mol. The fourth-order valence-electron chi connectivity index (χ4n) is 4.12. The Labute approximate surface area is 217 Å². The zero-order chi connectivity index (χ0) is 25.5. The number of carbonyl (C=O) groups excluding carboxylic acids is 1. The highest BCUT2D eigenvalue weighted by molar-refractivity contribution is 6.06. The van der Waals surface area contributed by atoms with Gasteiger partial charge < -0.3 is 14.0 Å². The number of ether oxygens (including phenoxy) is 2. The molecule has 0 aliphatic heterocycles. The van der Waals surface area contributed by atoms with E-state index in [1.54, 1.807) is 13.2 Å². The van der Waals surface area contributed by atoms with Crippen LogP contribution in [0.1, 0.15) is 21.5 Å². The smallest absolute Gasteiger partial charge is 0.185 e. The predicted molar refractivity (Wildman–Crippen MR) is 148 cm³/mol. The highest BCUT2D eigenvalue weighted by Crippen LogP contribution is 2.25. The molecule has 5 aromatic rings. The van der Waals surface area contributed by atoms with Crippen molar-refractivity contribution in [2.24, 2.45) is 0 Å². The Hall–Kier alpha value is -4.83. The molecule has 0 fully saturated rings. The van der Waals surface area contributed by atoms with Gasteiger partial charge in [-0.3, -0.25) is 4.79 Å². The minimum atomic E-state index is -0.0498. The third-order valence-corrected chi connectivity index (χ3v) is 6.14. The summed E-state index contributed by atoms with van der Waals surface area (Å²) in [7, 11) is 1.64. The number of allylic oxidation sites excluding steroid dienone is 1. The first-order valence-electron chi connectivity index (χ1n) is 12.1. The summed E-state index contributed by atoms with van der Waals surface area (Å²) in [6.07, 6.45) is 7.36. The summed E-state index contributed by atoms with van der Waals surface area (Å²) in [6.45, 7) is 0.352. The number of aromatic nitrogens is 1. The second-order valence-corrected chi connectivity index (χ2v) is 8.59. The Bertz CT molecular complexity index is 1480. The molecule has 182 valence electrons. The van der Waals surface area contributed by atoms with Crippen LogP contribution in [0, 0.1) is 0 Å². The lowest BCUT2D eigenvalue weighted by Crippen LogP contribution is -1.99. The summed E-state index contributed by atoms with van der Waals surface area (Å²) in [5.74, 6) is 1.47. The fraction of sp³-hybridized carbons (Fsp3) is 0.0606. The average molecular weight is 486 g/mol. The van der Waals surface area contributed by atoms with Gasteiger partial charge in [-0.1, -0.05) is 54.6 Å². The van der Waals surface area contributed by atoms with Crippen LogP contribution in [0.3, 0.4) is 0 Å². The molecule has 0 saturated carbocycles. The third kappa shape index (κ3) is 5.88. The first kappa shape index (κ1) is 23.9. The second kappa shape index (κ2) is 11.3. The van der Waals surface area contributed by atoms with Crippen LogP contribution in [-0.4, -0.2) is 17.5 Å². The number of benzene rings is 4. The van der Waals surface area contributed by atoms with E-state index < -0.39 is 0 Å². The number of methoxy groups -OCH3 is 1. The summed E-state index contributed by atoms with van der Waals surface area (Å²) < 4.78 is 13.6. The van der Waals surface area contributed by atoms with Gasteiger partial charge >= 0.3 is 0 Å². The zero-order valence-corrected chi connectivity index (χ0v) is 20.6. The van der Waals surface area contributed by atoms with Gasteiger partial charge in [0.15, 0.2) is 5.78 Å². The van der Waals surface area contributed by atoms with Crippen LogP contribution < -0.4 is 9.47 Å². The van der Waals surface area contributed by atoms with Crippen molar-refractivity contribution in [2.45, 2.75) is 6.61 Å². The highest BCUT2D eigenvalue weighted by Gasteiger charge is 2.07. The lowest BCUT2D eigenvalue weighted by Gasteiger charge is -2.12. The van der Waals surface area contributed by atoms with Crippen molar-refractivity contribution in [3.05, 3.63) is 144 Å². The molecule has 37 heavy (non-hydrogen) atoms. The number of hydrogen-bond acceptors (Lipinski definition) is 3. The maximum absolute atomic E-state index is 12.7. The van der Waals surface area contributed by atoms with E-state index in [2.05, 4.69) is 24.3 Å². The molecule has 0 aliphatic carbocycles. The molecule has 4 heteroatoms. The van der Waals surface area contributed by atoms with Crippen LogP contribution in [0.25, 0.3) is 22.9 Å². The topological polar surface area (TPSA) is 40.5 Å². The second-order valence-electron chi connectivity index (χ2n) is 8.59. The highest BCUT2D eigenvalue weighted by atomic mass is 16.5. The van der Waals surface area contributed by atoms with E-state index in [1.165, 1.54) is 5.56 Å². The first-order chi connectivity index (χ1) is 18.2. The van der Waals surface area contributed by atoms with Gasteiger partial charge in [0.1, 0.15) is 18.1 Å². The van der Waals surface area contributed by atoms with Crippen molar-refractivity contribution in [1.82, 2.24) is 4.57 Å². The van der Waals surface area contributed by atoms with E-state index in [-0.39, 0.29) is 5.78 Å². The Kier molecular flexibility index (Phi) is 7.28. The maximum atomic E-state index is 12.7. The van der Waals surface area contributed by atoms with E-state index in [1.807, 2.05) is 108 Å². The van der Waals surface area contributed by atoms with Crippen molar-refractivity contribution >= 4 is 11.9 Å². The van der Waals surface area contributed by atoms with Crippen LogP contribution in [-0.2, 0) is 6.61 Å². The summed E-state index contributed by atoms with van der Waals surface area (Å²) in [6, 6.07) is 35.6. The van der Waals surface area contributed by atoms with Crippen LogP contribution in [0.2, 0.25) is 0 Å². The summed E-state index contributed by atoms with van der Waals surface area (Å²) in [4.78, 5) is 12.7. The quantitative estimate of drug-likeness (QED) is 0.159. The van der Waals surface area contributed by atoms with Crippen molar-refractivity contribution in [3.8, 4) is 28.3 Å². The number of carbonyl (C=O) groups is 1. The SMILES string of the molecule is COc1ccc(/C=C/C(=O)c2ccc(-n3cccc3)cc2)cc1COc1ccc(-c2ccccc2)cc1. The molecule has 0 aliphatic rings. The third-order valence-electron chi connectivity index (χ3n) is 6.14. The minimum Gasteiger partial charge on any atom is -0.496 e. The van der Waals surface area contributed by atoms with Gasteiger partial charge in [-0.2, -0.15) is 0 Å². The van der Waals surface area contributed by atoms with E-state index in [0.29, 0.717) is 12.2 Å². The van der Waals surface area contributed by atoms with Crippen molar-refractivity contribution in [3.63, 3.8) is 0 Å². The lowest BCUT2D eigenvalue weighted by atomic mass is 10.1. The molecule has 0 N–H and O–H groups in total. The minimum absolute atomic E-state index is 0.0498. The Morgan fingerprint density at radius 3 is 2.19 bits per heavy atom. The van der Waals surface area contributed by atoms with Gasteiger partial charge in [0, 0.05) is 29.2 Å². The van der Waals surface area contributed by atoms with Gasteiger partial charge in [0.05, 0.1) is 7.11 Å². The van der Waals surface area contributed by atoms with Crippen molar-refractivity contribution in [2.75, 3.05) is 7.11 Å². The zero-order valence-electron chi connectivity index (χ0n) is 20.6. The van der Waals surface area contributed by atoms with Crippen LogP contribution in [0.4, 0.5) is 0 Å². The van der Waals surface area contributed by atoms with Gasteiger partial charge in [-0.25, -0.2) is 0 Å². The van der Waals surface area contributed by atoms with Crippen LogP contribution >= 0.6 is 0 Å². The van der Waals surface area contributed by atoms with E-state index in [4.69, 9.17) is 9.47 Å². The van der Waals surface area contributed by atoms with E-state index in [0.717, 1.165) is 33.9 Å². The monoisotopic (exact) mass is 485 g/mol. The molecule has 4 aromatic carbocycles. The summed E-state index contributed by atoms with van der Waals surface area (Å²) >= 11 is 0. The van der Waals surface area contributed by atoms with Crippen molar-refractivity contribution < 1.29 is 14.3 Å². The molecule has 0 amide bonds. The Balaban J connectivity index is 1.25. The molecule has 1 aromatic heterocycles. The molecule has 4 nitrogen and oxygen atoms in total. The number of rotatable bonds is 9. The summed E-state index contributed by atoms with van der Waals surface area (Å²) in [5.41, 5.74) is 5.77. The molecule has 1 heterocycles. The summed E-state index contributed by atoms with van der Waals surface area (Å²) in [5, 5.41) is 0. The Morgan fingerprint density at radius 2 is 1.49 bits per heavy atom. The van der Waals surface area contributed by atoms with Gasteiger partial charge in [-0.15, -0.1) is 0 Å². The standard InChI is InChI=1S/C33H27NO3/c1-36-33-20-10-25(9-19-32(35)28-11-15-30(16-12-28)34-21-5-6-22-34)23-29(33)24-37-31-17-13-27(14-18-31)26-7-3-2-4-8-26/h2-23H,24H2,1H3/b19-9+.